The Bertz CT molecular complexity index is 872. The van der Waals surface area contributed by atoms with E-state index in [1.54, 1.807) is 36.0 Å². The molecule has 126 valence electrons. The summed E-state index contributed by atoms with van der Waals surface area (Å²) >= 11 is 0. The second-order valence-corrected chi connectivity index (χ2v) is 5.54. The summed E-state index contributed by atoms with van der Waals surface area (Å²) in [6, 6.07) is 16.2. The standard InChI is InChI=1S/C18H17N5O2/c1-23-18(20-21-22-23)14-7-9-15(10-8-14)19-17(25)12-11-16(24)13-5-3-2-4-6-13/h2-10H,11-12H2,1H3,(H,19,25). The molecule has 0 radical (unpaired) electrons. The molecule has 0 saturated carbocycles. The second-order valence-electron chi connectivity index (χ2n) is 5.54. The molecule has 3 aromatic rings. The summed E-state index contributed by atoms with van der Waals surface area (Å²) in [5, 5.41) is 14.1. The van der Waals surface area contributed by atoms with Gasteiger partial charge < -0.3 is 5.32 Å². The van der Waals surface area contributed by atoms with E-state index in [1.807, 2.05) is 30.3 Å². The van der Waals surface area contributed by atoms with Crippen molar-refractivity contribution in [1.29, 1.82) is 0 Å². The zero-order valence-electron chi connectivity index (χ0n) is 13.7. The number of benzene rings is 2. The van der Waals surface area contributed by atoms with E-state index < -0.39 is 0 Å². The maximum absolute atomic E-state index is 12.0. The highest BCUT2D eigenvalue weighted by Gasteiger charge is 2.10. The van der Waals surface area contributed by atoms with Gasteiger partial charge in [0.1, 0.15) is 0 Å². The molecular weight excluding hydrogens is 318 g/mol. The quantitative estimate of drug-likeness (QED) is 0.699. The van der Waals surface area contributed by atoms with E-state index in [0.29, 0.717) is 17.1 Å². The lowest BCUT2D eigenvalue weighted by atomic mass is 10.1. The number of anilines is 1. The minimum absolute atomic E-state index is 0.0409. The Morgan fingerprint density at radius 3 is 2.36 bits per heavy atom. The van der Waals surface area contributed by atoms with E-state index in [2.05, 4.69) is 20.8 Å². The number of nitrogens with zero attached hydrogens (tertiary/aromatic N) is 4. The SMILES string of the molecule is Cn1nnnc1-c1ccc(NC(=O)CCC(=O)c2ccccc2)cc1. The van der Waals surface area contributed by atoms with Crippen LogP contribution in [0.4, 0.5) is 5.69 Å². The van der Waals surface area contributed by atoms with Crippen LogP contribution in [-0.4, -0.2) is 31.9 Å². The fourth-order valence-electron chi connectivity index (χ4n) is 2.40. The van der Waals surface area contributed by atoms with Crippen molar-refractivity contribution < 1.29 is 9.59 Å². The van der Waals surface area contributed by atoms with Crippen molar-refractivity contribution in [2.24, 2.45) is 7.05 Å². The van der Waals surface area contributed by atoms with Gasteiger partial charge in [-0.15, -0.1) is 5.10 Å². The Kier molecular flexibility index (Phi) is 4.94. The summed E-state index contributed by atoms with van der Waals surface area (Å²) in [5.74, 6) is 0.407. The largest absolute Gasteiger partial charge is 0.326 e. The zero-order chi connectivity index (χ0) is 17.6. The highest BCUT2D eigenvalue weighted by atomic mass is 16.2. The van der Waals surface area contributed by atoms with Crippen LogP contribution < -0.4 is 5.32 Å². The van der Waals surface area contributed by atoms with Gasteiger partial charge in [-0.25, -0.2) is 4.68 Å². The number of amides is 1. The molecule has 0 atom stereocenters. The van der Waals surface area contributed by atoms with Gasteiger partial charge in [-0.2, -0.15) is 0 Å². The fourth-order valence-corrected chi connectivity index (χ4v) is 2.40. The van der Waals surface area contributed by atoms with Crippen molar-refractivity contribution >= 4 is 17.4 Å². The van der Waals surface area contributed by atoms with Crippen molar-refractivity contribution in [1.82, 2.24) is 20.2 Å². The average molecular weight is 335 g/mol. The molecule has 0 fully saturated rings. The van der Waals surface area contributed by atoms with E-state index in [0.717, 1.165) is 5.56 Å². The smallest absolute Gasteiger partial charge is 0.224 e. The molecule has 25 heavy (non-hydrogen) atoms. The first-order valence-electron chi connectivity index (χ1n) is 7.84. The molecule has 2 aromatic carbocycles. The summed E-state index contributed by atoms with van der Waals surface area (Å²) in [5.41, 5.74) is 2.14. The minimum atomic E-state index is -0.197. The molecule has 1 aromatic heterocycles. The summed E-state index contributed by atoms with van der Waals surface area (Å²) in [6.45, 7) is 0. The number of carbonyl (C=O) groups is 2. The third-order valence-corrected chi connectivity index (χ3v) is 3.72. The molecule has 0 aliphatic heterocycles. The first-order valence-corrected chi connectivity index (χ1v) is 7.84. The lowest BCUT2D eigenvalue weighted by Gasteiger charge is -2.06. The normalized spacial score (nSPS) is 10.4. The number of aryl methyl sites for hydroxylation is 1. The number of Topliss-reactive ketones (excluding diaryl/α,β-unsaturated/α-hetero) is 1. The molecular formula is C18H17N5O2. The van der Waals surface area contributed by atoms with Gasteiger partial charge in [0, 0.05) is 36.7 Å². The van der Waals surface area contributed by atoms with E-state index in [4.69, 9.17) is 0 Å². The maximum atomic E-state index is 12.0. The monoisotopic (exact) mass is 335 g/mol. The number of rotatable bonds is 6. The van der Waals surface area contributed by atoms with Gasteiger partial charge in [-0.1, -0.05) is 30.3 Å². The zero-order valence-corrected chi connectivity index (χ0v) is 13.7. The minimum Gasteiger partial charge on any atom is -0.326 e. The summed E-state index contributed by atoms with van der Waals surface area (Å²) in [7, 11) is 1.76. The van der Waals surface area contributed by atoms with E-state index in [9.17, 15) is 9.59 Å². The van der Waals surface area contributed by atoms with Gasteiger partial charge >= 0.3 is 0 Å². The highest BCUT2D eigenvalue weighted by molar-refractivity contribution is 6.00. The predicted octanol–water partition coefficient (Wildman–Crippen LogP) is 2.48. The number of ketones is 1. The van der Waals surface area contributed by atoms with Crippen LogP contribution in [0.25, 0.3) is 11.4 Å². The summed E-state index contributed by atoms with van der Waals surface area (Å²) in [6.07, 6.45) is 0.321. The molecule has 0 spiro atoms. The first-order chi connectivity index (χ1) is 12.1. The van der Waals surface area contributed by atoms with Gasteiger partial charge in [0.15, 0.2) is 11.6 Å². The molecule has 1 heterocycles. The summed E-state index contributed by atoms with van der Waals surface area (Å²) in [4.78, 5) is 24.0. The number of hydrogen-bond donors (Lipinski definition) is 1. The van der Waals surface area contributed by atoms with Gasteiger partial charge in [-0.3, -0.25) is 9.59 Å². The molecule has 0 aliphatic carbocycles. The lowest BCUT2D eigenvalue weighted by molar-refractivity contribution is -0.116. The maximum Gasteiger partial charge on any atom is 0.224 e. The molecule has 0 aliphatic rings. The van der Waals surface area contributed by atoms with Gasteiger partial charge in [0.25, 0.3) is 0 Å². The first kappa shape index (κ1) is 16.5. The molecule has 3 rings (SSSR count). The van der Waals surface area contributed by atoms with Crippen molar-refractivity contribution in [3.63, 3.8) is 0 Å². The van der Waals surface area contributed by atoms with E-state index >= 15 is 0 Å². The fraction of sp³-hybridized carbons (Fsp3) is 0.167. The Morgan fingerprint density at radius 1 is 1.00 bits per heavy atom. The number of carbonyl (C=O) groups excluding carboxylic acids is 2. The molecule has 0 bridgehead atoms. The molecule has 7 heteroatoms. The molecule has 1 amide bonds. The molecule has 7 nitrogen and oxygen atoms in total. The van der Waals surface area contributed by atoms with E-state index in [1.165, 1.54) is 0 Å². The molecule has 0 unspecified atom stereocenters. The van der Waals surface area contributed by atoms with Crippen LogP contribution in [0, 0.1) is 0 Å². The summed E-state index contributed by atoms with van der Waals surface area (Å²) < 4.78 is 1.57. The number of hydrogen-bond acceptors (Lipinski definition) is 5. The number of aromatic nitrogens is 4. The van der Waals surface area contributed by atoms with E-state index in [-0.39, 0.29) is 24.5 Å². The number of tetrazole rings is 1. The van der Waals surface area contributed by atoms with Crippen LogP contribution in [0.2, 0.25) is 0 Å². The Labute approximate surface area is 144 Å². The molecule has 1 N–H and O–H groups in total. The Hall–Kier alpha value is -3.35. The third kappa shape index (κ3) is 4.14. The molecule has 0 saturated heterocycles. The van der Waals surface area contributed by atoms with Crippen LogP contribution in [0.1, 0.15) is 23.2 Å². The predicted molar refractivity (Wildman–Crippen MR) is 92.9 cm³/mol. The average Bonchev–Trinajstić information content (AvgIpc) is 3.07. The number of nitrogens with one attached hydrogen (secondary N) is 1. The van der Waals surface area contributed by atoms with Gasteiger partial charge in [0.05, 0.1) is 0 Å². The van der Waals surface area contributed by atoms with Crippen LogP contribution in [-0.2, 0) is 11.8 Å². The van der Waals surface area contributed by atoms with Gasteiger partial charge in [0.2, 0.25) is 5.91 Å². The van der Waals surface area contributed by atoms with Crippen LogP contribution >= 0.6 is 0 Å². The van der Waals surface area contributed by atoms with Crippen molar-refractivity contribution in [3.05, 3.63) is 60.2 Å². The van der Waals surface area contributed by atoms with Crippen molar-refractivity contribution in [2.45, 2.75) is 12.8 Å². The van der Waals surface area contributed by atoms with Gasteiger partial charge in [-0.05, 0) is 34.7 Å². The van der Waals surface area contributed by atoms with Crippen LogP contribution in [0.5, 0.6) is 0 Å². The van der Waals surface area contributed by atoms with Crippen molar-refractivity contribution in [3.8, 4) is 11.4 Å². The highest BCUT2D eigenvalue weighted by Crippen LogP contribution is 2.18. The third-order valence-electron chi connectivity index (χ3n) is 3.72. The topological polar surface area (TPSA) is 89.8 Å². The Morgan fingerprint density at radius 2 is 1.72 bits per heavy atom. The second kappa shape index (κ2) is 7.48. The lowest BCUT2D eigenvalue weighted by Crippen LogP contribution is -2.13. The van der Waals surface area contributed by atoms with Crippen LogP contribution in [0.3, 0.4) is 0 Å². The van der Waals surface area contributed by atoms with Crippen LogP contribution in [0.15, 0.2) is 54.6 Å². The Balaban J connectivity index is 1.55. The van der Waals surface area contributed by atoms with Crippen molar-refractivity contribution in [2.75, 3.05) is 5.32 Å².